The summed E-state index contributed by atoms with van der Waals surface area (Å²) in [5.41, 5.74) is 3.39. The molecule has 2 aromatic rings. The molecule has 1 heterocycles. The number of halogens is 1. The van der Waals surface area contributed by atoms with Crippen LogP contribution in [0, 0.1) is 6.92 Å². The van der Waals surface area contributed by atoms with Gasteiger partial charge in [0.2, 0.25) is 0 Å². The molecule has 0 unspecified atom stereocenters. The second-order valence-corrected chi connectivity index (χ2v) is 5.92. The maximum atomic E-state index is 6.01. The minimum Gasteiger partial charge on any atom is -0.487 e. The fraction of sp³-hybridized carbons (Fsp3) is 0.353. The van der Waals surface area contributed by atoms with Crippen molar-refractivity contribution in [1.29, 1.82) is 0 Å². The van der Waals surface area contributed by atoms with Gasteiger partial charge in [0.05, 0.1) is 4.47 Å². The van der Waals surface area contributed by atoms with Gasteiger partial charge in [0.15, 0.2) is 0 Å². The zero-order chi connectivity index (χ0) is 15.1. The average Bonchev–Trinajstić information content (AvgIpc) is 2.47. The van der Waals surface area contributed by atoms with Gasteiger partial charge in [-0.3, -0.25) is 4.98 Å². The van der Waals surface area contributed by atoms with E-state index in [9.17, 15) is 0 Å². The van der Waals surface area contributed by atoms with Gasteiger partial charge in [-0.1, -0.05) is 19.1 Å². The second kappa shape index (κ2) is 8.15. The highest BCUT2D eigenvalue weighted by Gasteiger charge is 2.08. The zero-order valence-electron chi connectivity index (χ0n) is 12.5. The predicted molar refractivity (Wildman–Crippen MR) is 89.4 cm³/mol. The topological polar surface area (TPSA) is 34.1 Å². The number of para-hydroxylation sites is 1. The van der Waals surface area contributed by atoms with Gasteiger partial charge in [-0.15, -0.1) is 0 Å². The lowest BCUT2D eigenvalue weighted by molar-refractivity contribution is 0.299. The van der Waals surface area contributed by atoms with Crippen LogP contribution in [0.4, 0.5) is 0 Å². The first kappa shape index (κ1) is 16.0. The summed E-state index contributed by atoms with van der Waals surface area (Å²) in [5, 5.41) is 3.41. The number of aromatic nitrogens is 1. The smallest absolute Gasteiger partial charge is 0.138 e. The molecule has 0 aliphatic carbocycles. The van der Waals surface area contributed by atoms with Crippen molar-refractivity contribution < 1.29 is 4.74 Å². The normalized spacial score (nSPS) is 10.6. The number of benzene rings is 1. The third-order valence-electron chi connectivity index (χ3n) is 3.11. The molecule has 1 aromatic heterocycles. The SMILES string of the molecule is CCCNCc1cccc(Br)c1OCc1cncc(C)c1. The molecule has 1 aromatic carbocycles. The quantitative estimate of drug-likeness (QED) is 0.760. The summed E-state index contributed by atoms with van der Waals surface area (Å²) < 4.78 is 7.00. The van der Waals surface area contributed by atoms with Crippen molar-refractivity contribution in [3.63, 3.8) is 0 Å². The lowest BCUT2D eigenvalue weighted by Gasteiger charge is -2.14. The van der Waals surface area contributed by atoms with E-state index in [1.807, 2.05) is 31.5 Å². The molecule has 2 rings (SSSR count). The molecule has 112 valence electrons. The molecule has 0 spiro atoms. The highest BCUT2D eigenvalue weighted by Crippen LogP contribution is 2.29. The van der Waals surface area contributed by atoms with E-state index in [4.69, 9.17) is 4.74 Å². The summed E-state index contributed by atoms with van der Waals surface area (Å²) >= 11 is 3.58. The van der Waals surface area contributed by atoms with Gasteiger partial charge in [0.1, 0.15) is 12.4 Å². The number of rotatable bonds is 7. The Balaban J connectivity index is 2.07. The molecule has 0 radical (unpaired) electrons. The van der Waals surface area contributed by atoms with E-state index in [2.05, 4.69) is 45.3 Å². The van der Waals surface area contributed by atoms with Crippen LogP contribution in [0.15, 0.2) is 41.1 Å². The fourth-order valence-electron chi connectivity index (χ4n) is 2.11. The first-order valence-corrected chi connectivity index (χ1v) is 8.01. The molecule has 0 aliphatic rings. The molecular formula is C17H21BrN2O. The molecule has 4 heteroatoms. The summed E-state index contributed by atoms with van der Waals surface area (Å²) in [5.74, 6) is 0.905. The second-order valence-electron chi connectivity index (χ2n) is 5.06. The van der Waals surface area contributed by atoms with Crippen molar-refractivity contribution in [2.24, 2.45) is 0 Å². The van der Waals surface area contributed by atoms with E-state index in [0.29, 0.717) is 6.61 Å². The Morgan fingerprint density at radius 2 is 2.14 bits per heavy atom. The summed E-state index contributed by atoms with van der Waals surface area (Å²) in [7, 11) is 0. The predicted octanol–water partition coefficient (Wildman–Crippen LogP) is 4.23. The first-order chi connectivity index (χ1) is 10.2. The van der Waals surface area contributed by atoms with Crippen molar-refractivity contribution in [2.75, 3.05) is 6.54 Å². The Morgan fingerprint density at radius 1 is 1.29 bits per heavy atom. The van der Waals surface area contributed by atoms with Crippen LogP contribution in [-0.4, -0.2) is 11.5 Å². The van der Waals surface area contributed by atoms with Crippen molar-refractivity contribution in [3.05, 3.63) is 57.8 Å². The van der Waals surface area contributed by atoms with Gasteiger partial charge >= 0.3 is 0 Å². The number of nitrogens with one attached hydrogen (secondary N) is 1. The minimum atomic E-state index is 0.526. The maximum Gasteiger partial charge on any atom is 0.138 e. The van der Waals surface area contributed by atoms with Crippen LogP contribution in [-0.2, 0) is 13.2 Å². The molecule has 0 amide bonds. The Labute approximate surface area is 134 Å². The monoisotopic (exact) mass is 348 g/mol. The molecule has 0 atom stereocenters. The summed E-state index contributed by atoms with van der Waals surface area (Å²) in [6.07, 6.45) is 4.82. The van der Waals surface area contributed by atoms with Crippen LogP contribution in [0.25, 0.3) is 0 Å². The number of nitrogens with zero attached hydrogens (tertiary/aromatic N) is 1. The van der Waals surface area contributed by atoms with Crippen LogP contribution in [0.5, 0.6) is 5.75 Å². The standard InChI is InChI=1S/C17H21BrN2O/c1-3-7-19-11-15-5-4-6-16(18)17(15)21-12-14-8-13(2)9-20-10-14/h4-6,8-10,19H,3,7,11-12H2,1-2H3. The van der Waals surface area contributed by atoms with Gasteiger partial charge < -0.3 is 10.1 Å². The van der Waals surface area contributed by atoms with Crippen molar-refractivity contribution in [1.82, 2.24) is 10.3 Å². The van der Waals surface area contributed by atoms with Crippen LogP contribution in [0.1, 0.15) is 30.0 Å². The lowest BCUT2D eigenvalue weighted by atomic mass is 10.2. The molecule has 0 saturated carbocycles. The molecule has 0 saturated heterocycles. The van der Waals surface area contributed by atoms with Gasteiger partial charge in [-0.05, 0) is 53.5 Å². The molecular weight excluding hydrogens is 328 g/mol. The van der Waals surface area contributed by atoms with Crippen LogP contribution in [0.2, 0.25) is 0 Å². The third kappa shape index (κ3) is 4.83. The Kier molecular flexibility index (Phi) is 6.21. The number of aryl methyl sites for hydroxylation is 1. The number of pyridine rings is 1. The Bertz CT molecular complexity index is 587. The minimum absolute atomic E-state index is 0.526. The van der Waals surface area contributed by atoms with Crippen LogP contribution < -0.4 is 10.1 Å². The molecule has 3 nitrogen and oxygen atoms in total. The van der Waals surface area contributed by atoms with E-state index in [0.717, 1.165) is 40.9 Å². The van der Waals surface area contributed by atoms with E-state index in [1.54, 1.807) is 0 Å². The van der Waals surface area contributed by atoms with E-state index >= 15 is 0 Å². The van der Waals surface area contributed by atoms with Gasteiger partial charge in [-0.25, -0.2) is 0 Å². The highest BCUT2D eigenvalue weighted by molar-refractivity contribution is 9.10. The van der Waals surface area contributed by atoms with E-state index in [-0.39, 0.29) is 0 Å². The Hall–Kier alpha value is -1.39. The summed E-state index contributed by atoms with van der Waals surface area (Å²) in [6, 6.07) is 8.23. The maximum absolute atomic E-state index is 6.01. The number of hydrogen-bond acceptors (Lipinski definition) is 3. The zero-order valence-corrected chi connectivity index (χ0v) is 14.1. The summed E-state index contributed by atoms with van der Waals surface area (Å²) in [4.78, 5) is 4.20. The molecule has 0 fully saturated rings. The van der Waals surface area contributed by atoms with Crippen molar-refractivity contribution in [3.8, 4) is 5.75 Å². The molecule has 1 N–H and O–H groups in total. The van der Waals surface area contributed by atoms with Crippen LogP contribution in [0.3, 0.4) is 0 Å². The van der Waals surface area contributed by atoms with E-state index < -0.39 is 0 Å². The number of ether oxygens (including phenoxy) is 1. The van der Waals surface area contributed by atoms with Gasteiger partial charge in [0, 0.05) is 30.1 Å². The van der Waals surface area contributed by atoms with Gasteiger partial charge in [-0.2, -0.15) is 0 Å². The highest BCUT2D eigenvalue weighted by atomic mass is 79.9. The molecule has 0 bridgehead atoms. The fourth-order valence-corrected chi connectivity index (χ4v) is 2.63. The van der Waals surface area contributed by atoms with Crippen molar-refractivity contribution >= 4 is 15.9 Å². The first-order valence-electron chi connectivity index (χ1n) is 7.22. The van der Waals surface area contributed by atoms with Crippen molar-refractivity contribution in [2.45, 2.75) is 33.4 Å². The number of hydrogen-bond donors (Lipinski definition) is 1. The lowest BCUT2D eigenvalue weighted by Crippen LogP contribution is -2.14. The largest absolute Gasteiger partial charge is 0.487 e. The molecule has 21 heavy (non-hydrogen) atoms. The summed E-state index contributed by atoms with van der Waals surface area (Å²) in [6.45, 7) is 6.55. The third-order valence-corrected chi connectivity index (χ3v) is 3.73. The van der Waals surface area contributed by atoms with Crippen LogP contribution >= 0.6 is 15.9 Å². The average molecular weight is 349 g/mol. The Morgan fingerprint density at radius 3 is 2.90 bits per heavy atom. The molecule has 0 aliphatic heterocycles. The van der Waals surface area contributed by atoms with Gasteiger partial charge in [0.25, 0.3) is 0 Å². The van der Waals surface area contributed by atoms with E-state index in [1.165, 1.54) is 5.56 Å².